The first-order valence-electron chi connectivity index (χ1n) is 8.71. The van der Waals surface area contributed by atoms with Crippen molar-refractivity contribution in [3.63, 3.8) is 0 Å². The summed E-state index contributed by atoms with van der Waals surface area (Å²) in [7, 11) is -3.91. The van der Waals surface area contributed by atoms with E-state index in [1.807, 2.05) is 0 Å². The Labute approximate surface area is 169 Å². The Kier molecular flexibility index (Phi) is 7.79. The van der Waals surface area contributed by atoms with E-state index in [4.69, 9.17) is 16.3 Å². The average molecular weight is 429 g/mol. The lowest BCUT2D eigenvalue weighted by Crippen LogP contribution is -2.40. The van der Waals surface area contributed by atoms with Gasteiger partial charge < -0.3 is 10.1 Å². The second kappa shape index (κ2) is 9.86. The van der Waals surface area contributed by atoms with Crippen LogP contribution in [0.5, 0.6) is 5.75 Å². The third-order valence-electron chi connectivity index (χ3n) is 3.92. The number of hydrogen-bond acceptors (Lipinski definition) is 4. The van der Waals surface area contributed by atoms with Crippen molar-refractivity contribution in [3.05, 3.63) is 58.9 Å². The second-order valence-corrected chi connectivity index (χ2v) is 8.20. The van der Waals surface area contributed by atoms with Gasteiger partial charge in [-0.05, 0) is 42.8 Å². The number of carbonyl (C=O) groups is 1. The first kappa shape index (κ1) is 22.1. The second-order valence-electron chi connectivity index (χ2n) is 5.86. The van der Waals surface area contributed by atoms with Gasteiger partial charge in [0.25, 0.3) is 0 Å². The molecule has 2 aromatic carbocycles. The fourth-order valence-electron chi connectivity index (χ4n) is 2.45. The van der Waals surface area contributed by atoms with Crippen LogP contribution in [0.3, 0.4) is 0 Å². The molecule has 0 aliphatic carbocycles. The van der Waals surface area contributed by atoms with Crippen LogP contribution in [0, 0.1) is 5.82 Å². The summed E-state index contributed by atoms with van der Waals surface area (Å²) in [5.74, 6) is -0.442. The van der Waals surface area contributed by atoms with Crippen molar-refractivity contribution in [1.29, 1.82) is 0 Å². The van der Waals surface area contributed by atoms with E-state index in [1.54, 1.807) is 26.0 Å². The van der Waals surface area contributed by atoms with Gasteiger partial charge in [-0.3, -0.25) is 4.79 Å². The molecule has 1 N–H and O–H groups in total. The van der Waals surface area contributed by atoms with Gasteiger partial charge in [0, 0.05) is 13.1 Å². The molecule has 0 atom stereocenters. The van der Waals surface area contributed by atoms with Gasteiger partial charge in [0.1, 0.15) is 11.6 Å². The van der Waals surface area contributed by atoms with E-state index in [9.17, 15) is 17.6 Å². The minimum absolute atomic E-state index is 0.0193. The zero-order valence-corrected chi connectivity index (χ0v) is 17.2. The van der Waals surface area contributed by atoms with Crippen molar-refractivity contribution in [1.82, 2.24) is 9.62 Å². The van der Waals surface area contributed by atoms with Crippen molar-refractivity contribution in [2.24, 2.45) is 0 Å². The molecule has 28 heavy (non-hydrogen) atoms. The van der Waals surface area contributed by atoms with E-state index < -0.39 is 15.9 Å². The Hall–Kier alpha value is -2.16. The standard InChI is InChI=1S/C19H22ClFN2O4S/c1-3-23(13-19(24)22-12-14-5-7-15(21)8-6-14)28(25,26)16-9-10-18(27-4-2)17(20)11-16/h5-11H,3-4,12-13H2,1-2H3,(H,22,24). The third-order valence-corrected chi connectivity index (χ3v) is 6.13. The summed E-state index contributed by atoms with van der Waals surface area (Å²) in [4.78, 5) is 12.2. The highest BCUT2D eigenvalue weighted by Crippen LogP contribution is 2.28. The Morgan fingerprint density at radius 2 is 1.86 bits per heavy atom. The zero-order valence-electron chi connectivity index (χ0n) is 15.6. The van der Waals surface area contributed by atoms with Crippen LogP contribution in [0.25, 0.3) is 0 Å². The fraction of sp³-hybridized carbons (Fsp3) is 0.316. The molecule has 0 aromatic heterocycles. The SMILES string of the molecule is CCOc1ccc(S(=O)(=O)N(CC)CC(=O)NCc2ccc(F)cc2)cc1Cl. The molecule has 0 fully saturated rings. The van der Waals surface area contributed by atoms with Crippen molar-refractivity contribution >= 4 is 27.5 Å². The van der Waals surface area contributed by atoms with Crippen LogP contribution in [-0.4, -0.2) is 38.3 Å². The van der Waals surface area contributed by atoms with Gasteiger partial charge in [-0.15, -0.1) is 0 Å². The molecule has 0 unspecified atom stereocenters. The number of carbonyl (C=O) groups excluding carboxylic acids is 1. The lowest BCUT2D eigenvalue weighted by Gasteiger charge is -2.20. The predicted octanol–water partition coefficient (Wildman–Crippen LogP) is 3.20. The summed E-state index contributed by atoms with van der Waals surface area (Å²) >= 11 is 6.08. The largest absolute Gasteiger partial charge is 0.492 e. The number of likely N-dealkylation sites (N-methyl/N-ethyl adjacent to an activating group) is 1. The molecule has 0 heterocycles. The lowest BCUT2D eigenvalue weighted by atomic mass is 10.2. The van der Waals surface area contributed by atoms with Crippen LogP contribution < -0.4 is 10.1 Å². The summed E-state index contributed by atoms with van der Waals surface area (Å²) < 4.78 is 45.0. The molecular weight excluding hydrogens is 407 g/mol. The zero-order chi connectivity index (χ0) is 20.7. The van der Waals surface area contributed by atoms with E-state index >= 15 is 0 Å². The monoisotopic (exact) mass is 428 g/mol. The Morgan fingerprint density at radius 1 is 1.18 bits per heavy atom. The first-order chi connectivity index (χ1) is 13.3. The highest BCUT2D eigenvalue weighted by atomic mass is 35.5. The number of halogens is 2. The van der Waals surface area contributed by atoms with Crippen LogP contribution in [0.15, 0.2) is 47.4 Å². The van der Waals surface area contributed by atoms with Gasteiger partial charge in [-0.2, -0.15) is 4.31 Å². The van der Waals surface area contributed by atoms with E-state index in [-0.39, 0.29) is 35.4 Å². The fourth-order valence-corrected chi connectivity index (χ4v) is 4.18. The molecule has 0 saturated heterocycles. The number of rotatable bonds is 9. The first-order valence-corrected chi connectivity index (χ1v) is 10.5. The Balaban J connectivity index is 2.06. The molecule has 9 heteroatoms. The molecule has 6 nitrogen and oxygen atoms in total. The maximum Gasteiger partial charge on any atom is 0.243 e. The molecule has 0 radical (unpaired) electrons. The van der Waals surface area contributed by atoms with Crippen LogP contribution in [0.2, 0.25) is 5.02 Å². The minimum atomic E-state index is -3.91. The smallest absolute Gasteiger partial charge is 0.243 e. The van der Waals surface area contributed by atoms with E-state index in [0.29, 0.717) is 17.9 Å². The normalized spacial score (nSPS) is 11.5. The van der Waals surface area contributed by atoms with Crippen molar-refractivity contribution in [2.75, 3.05) is 19.7 Å². The van der Waals surface area contributed by atoms with Crippen molar-refractivity contribution in [3.8, 4) is 5.75 Å². The van der Waals surface area contributed by atoms with Gasteiger partial charge in [0.05, 0.1) is 23.1 Å². The predicted molar refractivity (Wildman–Crippen MR) is 105 cm³/mol. The number of benzene rings is 2. The molecule has 2 rings (SSSR count). The summed E-state index contributed by atoms with van der Waals surface area (Å²) in [6, 6.07) is 9.87. The highest BCUT2D eigenvalue weighted by Gasteiger charge is 2.26. The Bertz CT molecular complexity index is 920. The topological polar surface area (TPSA) is 75.7 Å². The van der Waals surface area contributed by atoms with Crippen LogP contribution in [0.1, 0.15) is 19.4 Å². The molecule has 0 bridgehead atoms. The number of hydrogen-bond donors (Lipinski definition) is 1. The third kappa shape index (κ3) is 5.67. The molecular formula is C19H22ClFN2O4S. The van der Waals surface area contributed by atoms with Gasteiger partial charge in [0.2, 0.25) is 15.9 Å². The van der Waals surface area contributed by atoms with Gasteiger partial charge in [0.15, 0.2) is 0 Å². The number of nitrogens with zero attached hydrogens (tertiary/aromatic N) is 1. The van der Waals surface area contributed by atoms with E-state index in [1.165, 1.54) is 30.3 Å². The maximum atomic E-state index is 12.9. The molecule has 0 aliphatic rings. The molecule has 0 aliphatic heterocycles. The number of nitrogens with one attached hydrogen (secondary N) is 1. The van der Waals surface area contributed by atoms with E-state index in [0.717, 1.165) is 4.31 Å². The summed E-state index contributed by atoms with van der Waals surface area (Å²) in [6.45, 7) is 3.78. The highest BCUT2D eigenvalue weighted by molar-refractivity contribution is 7.89. The van der Waals surface area contributed by atoms with Gasteiger partial charge in [-0.25, -0.2) is 12.8 Å². The molecule has 152 valence electrons. The average Bonchev–Trinajstić information content (AvgIpc) is 2.67. The summed E-state index contributed by atoms with van der Waals surface area (Å²) in [5, 5.41) is 2.81. The van der Waals surface area contributed by atoms with Crippen molar-refractivity contribution < 1.29 is 22.3 Å². The lowest BCUT2D eigenvalue weighted by molar-refractivity contribution is -0.121. The van der Waals surface area contributed by atoms with Crippen LogP contribution in [-0.2, 0) is 21.4 Å². The number of sulfonamides is 1. The Morgan fingerprint density at radius 3 is 2.43 bits per heavy atom. The minimum Gasteiger partial charge on any atom is -0.492 e. The number of ether oxygens (including phenoxy) is 1. The quantitative estimate of drug-likeness (QED) is 0.665. The molecule has 0 saturated carbocycles. The van der Waals surface area contributed by atoms with Crippen LogP contribution in [0.4, 0.5) is 4.39 Å². The van der Waals surface area contributed by atoms with Crippen LogP contribution >= 0.6 is 11.6 Å². The maximum absolute atomic E-state index is 12.9. The van der Waals surface area contributed by atoms with Gasteiger partial charge >= 0.3 is 0 Å². The van der Waals surface area contributed by atoms with Gasteiger partial charge in [-0.1, -0.05) is 30.7 Å². The number of amides is 1. The summed E-state index contributed by atoms with van der Waals surface area (Å²) in [5.41, 5.74) is 0.707. The molecule has 1 amide bonds. The molecule has 0 spiro atoms. The van der Waals surface area contributed by atoms with E-state index in [2.05, 4.69) is 5.32 Å². The molecule has 2 aromatic rings. The summed E-state index contributed by atoms with van der Waals surface area (Å²) in [6.07, 6.45) is 0. The van der Waals surface area contributed by atoms with Crippen molar-refractivity contribution in [2.45, 2.75) is 25.3 Å².